The van der Waals surface area contributed by atoms with Crippen LogP contribution in [0.15, 0.2) is 90.3 Å². The number of rotatable bonds is 6. The van der Waals surface area contributed by atoms with E-state index in [2.05, 4.69) is 15.4 Å². The Labute approximate surface area is 194 Å². The number of aromatic nitrogens is 3. The van der Waals surface area contributed by atoms with E-state index in [0.29, 0.717) is 22.4 Å². The molecule has 5 nitrogen and oxygen atoms in total. The summed E-state index contributed by atoms with van der Waals surface area (Å²) in [5.41, 5.74) is 4.08. The Morgan fingerprint density at radius 2 is 1.56 bits per heavy atom. The molecule has 32 heavy (non-hydrogen) atoms. The fourth-order valence-corrected chi connectivity index (χ4v) is 4.67. The molecule has 0 aliphatic rings. The summed E-state index contributed by atoms with van der Waals surface area (Å²) in [7, 11) is 0. The van der Waals surface area contributed by atoms with Gasteiger partial charge in [-0.25, -0.2) is 4.52 Å². The van der Waals surface area contributed by atoms with Gasteiger partial charge < -0.3 is 0 Å². The zero-order valence-corrected chi connectivity index (χ0v) is 18.6. The molecule has 3 aromatic carbocycles. The zero-order chi connectivity index (χ0) is 21.9. The average Bonchev–Trinajstić information content (AvgIpc) is 3.39. The van der Waals surface area contributed by atoms with Crippen molar-refractivity contribution in [2.75, 3.05) is 5.32 Å². The monoisotopic (exact) mass is 458 g/mol. The van der Waals surface area contributed by atoms with Gasteiger partial charge in [0.15, 0.2) is 0 Å². The molecule has 0 saturated carbocycles. The lowest BCUT2D eigenvalue weighted by Crippen LogP contribution is -2.17. The lowest BCUT2D eigenvalue weighted by atomic mass is 9.88. The molecule has 5 rings (SSSR count). The van der Waals surface area contributed by atoms with Crippen LogP contribution in [0.25, 0.3) is 16.2 Å². The quantitative estimate of drug-likeness (QED) is 0.326. The van der Waals surface area contributed by atoms with Crippen LogP contribution in [0.4, 0.5) is 5.95 Å². The van der Waals surface area contributed by atoms with E-state index in [0.717, 1.165) is 22.4 Å². The predicted molar refractivity (Wildman–Crippen MR) is 129 cm³/mol. The molecule has 1 N–H and O–H groups in total. The third kappa shape index (κ3) is 4.28. The van der Waals surface area contributed by atoms with Crippen molar-refractivity contribution >= 4 is 39.8 Å². The number of fused-ring (bicyclic) bond motifs is 1. The molecule has 0 aliphatic carbocycles. The number of benzene rings is 3. The summed E-state index contributed by atoms with van der Waals surface area (Å²) in [6, 6.07) is 27.7. The lowest BCUT2D eigenvalue weighted by molar-refractivity contribution is -0.116. The number of halogens is 1. The van der Waals surface area contributed by atoms with Crippen LogP contribution >= 0.6 is 22.9 Å². The molecule has 158 valence electrons. The molecule has 2 aromatic heterocycles. The fraction of sp³-hybridized carbons (Fsp3) is 0.0800. The second kappa shape index (κ2) is 8.94. The summed E-state index contributed by atoms with van der Waals surface area (Å²) in [5, 5.41) is 10.1. The summed E-state index contributed by atoms with van der Waals surface area (Å²) in [6.45, 7) is 0. The molecule has 0 fully saturated rings. The van der Waals surface area contributed by atoms with Crippen molar-refractivity contribution in [3.8, 4) is 11.3 Å². The third-order valence-electron chi connectivity index (χ3n) is 5.27. The first-order valence-corrected chi connectivity index (χ1v) is 11.4. The van der Waals surface area contributed by atoms with Gasteiger partial charge in [0, 0.05) is 28.3 Å². The molecule has 5 aromatic rings. The molecular formula is C25H19ClN4OS. The van der Waals surface area contributed by atoms with Crippen LogP contribution in [-0.4, -0.2) is 20.5 Å². The smallest absolute Gasteiger partial charge is 0.250 e. The first-order valence-electron chi connectivity index (χ1n) is 10.2. The van der Waals surface area contributed by atoms with Gasteiger partial charge in [0.05, 0.1) is 5.69 Å². The molecule has 0 spiro atoms. The summed E-state index contributed by atoms with van der Waals surface area (Å²) >= 11 is 7.48. The van der Waals surface area contributed by atoms with E-state index in [1.54, 1.807) is 4.52 Å². The minimum absolute atomic E-state index is 0.0502. The van der Waals surface area contributed by atoms with E-state index in [-0.39, 0.29) is 11.8 Å². The maximum atomic E-state index is 12.9. The molecule has 0 radical (unpaired) electrons. The fourth-order valence-electron chi connectivity index (χ4n) is 3.71. The number of thiazole rings is 1. The third-order valence-corrected chi connectivity index (χ3v) is 6.33. The van der Waals surface area contributed by atoms with Gasteiger partial charge in [-0.2, -0.15) is 4.98 Å². The topological polar surface area (TPSA) is 59.3 Å². The Bertz CT molecular complexity index is 1310. The van der Waals surface area contributed by atoms with Crippen LogP contribution in [0, 0.1) is 0 Å². The van der Waals surface area contributed by atoms with Gasteiger partial charge in [-0.05, 0) is 23.3 Å². The van der Waals surface area contributed by atoms with E-state index < -0.39 is 0 Å². The number of nitrogens with one attached hydrogen (secondary N) is 1. The molecule has 7 heteroatoms. The Morgan fingerprint density at radius 1 is 0.938 bits per heavy atom. The summed E-state index contributed by atoms with van der Waals surface area (Å²) in [5.74, 6) is 0.122. The van der Waals surface area contributed by atoms with Gasteiger partial charge in [0.25, 0.3) is 0 Å². The Kier molecular flexibility index (Phi) is 5.71. The van der Waals surface area contributed by atoms with Crippen molar-refractivity contribution < 1.29 is 4.79 Å². The lowest BCUT2D eigenvalue weighted by Gasteiger charge is -2.17. The van der Waals surface area contributed by atoms with Crippen molar-refractivity contribution in [3.63, 3.8) is 0 Å². The van der Waals surface area contributed by atoms with E-state index in [4.69, 9.17) is 11.6 Å². The number of nitrogens with zero attached hydrogens (tertiary/aromatic N) is 3. The predicted octanol–water partition coefficient (Wildman–Crippen LogP) is 6.27. The van der Waals surface area contributed by atoms with Gasteiger partial charge >= 0.3 is 0 Å². The van der Waals surface area contributed by atoms with Gasteiger partial charge in [-0.15, -0.1) is 16.4 Å². The molecule has 0 aliphatic heterocycles. The van der Waals surface area contributed by atoms with Crippen LogP contribution in [0.2, 0.25) is 5.02 Å². The second-order valence-corrected chi connectivity index (χ2v) is 8.66. The first-order chi connectivity index (χ1) is 15.7. The van der Waals surface area contributed by atoms with E-state index in [1.165, 1.54) is 11.3 Å². The highest BCUT2D eigenvalue weighted by Gasteiger charge is 2.20. The molecule has 1 amide bonds. The van der Waals surface area contributed by atoms with Gasteiger partial charge in [-0.3, -0.25) is 10.1 Å². The molecule has 0 unspecified atom stereocenters. The van der Waals surface area contributed by atoms with Crippen molar-refractivity contribution in [1.82, 2.24) is 14.6 Å². The molecule has 0 bridgehead atoms. The normalized spacial score (nSPS) is 11.2. The van der Waals surface area contributed by atoms with Gasteiger partial charge in [0.2, 0.25) is 16.8 Å². The van der Waals surface area contributed by atoms with Crippen molar-refractivity contribution in [1.29, 1.82) is 0 Å². The molecular weight excluding hydrogens is 440 g/mol. The van der Waals surface area contributed by atoms with Crippen molar-refractivity contribution in [2.24, 2.45) is 0 Å². The molecule has 2 heterocycles. The minimum Gasteiger partial charge on any atom is -0.293 e. The van der Waals surface area contributed by atoms with Crippen molar-refractivity contribution in [2.45, 2.75) is 12.3 Å². The largest absolute Gasteiger partial charge is 0.293 e. The van der Waals surface area contributed by atoms with Crippen LogP contribution in [0.3, 0.4) is 0 Å². The number of hydrogen-bond acceptors (Lipinski definition) is 4. The summed E-state index contributed by atoms with van der Waals surface area (Å²) < 4.78 is 1.75. The maximum Gasteiger partial charge on any atom is 0.250 e. The summed E-state index contributed by atoms with van der Waals surface area (Å²) in [6.07, 6.45) is 0.297. The number of amides is 1. The Morgan fingerprint density at radius 3 is 2.19 bits per heavy atom. The standard InChI is InChI=1S/C25H19ClN4OS/c26-20-13-11-19(12-14-20)22-16-32-25-28-24(29-30(22)25)27-23(31)15-21(17-7-3-1-4-8-17)18-9-5-2-6-10-18/h1-14,16,21H,15H2,(H,27,29,31). The van der Waals surface area contributed by atoms with Crippen LogP contribution in [-0.2, 0) is 4.79 Å². The number of carbonyl (C=O) groups excluding carboxylic acids is 1. The Balaban J connectivity index is 1.37. The first kappa shape index (κ1) is 20.4. The molecule has 0 saturated heterocycles. The van der Waals surface area contributed by atoms with E-state index in [1.807, 2.05) is 90.3 Å². The highest BCUT2D eigenvalue weighted by atomic mass is 35.5. The van der Waals surface area contributed by atoms with E-state index >= 15 is 0 Å². The SMILES string of the molecule is O=C(CC(c1ccccc1)c1ccccc1)Nc1nc2scc(-c3ccc(Cl)cc3)n2n1. The summed E-state index contributed by atoms with van der Waals surface area (Å²) in [4.78, 5) is 18.1. The van der Waals surface area contributed by atoms with Gasteiger partial charge in [-0.1, -0.05) is 84.4 Å². The van der Waals surface area contributed by atoms with Crippen LogP contribution < -0.4 is 5.32 Å². The van der Waals surface area contributed by atoms with Crippen molar-refractivity contribution in [3.05, 3.63) is 106 Å². The highest BCUT2D eigenvalue weighted by molar-refractivity contribution is 7.15. The number of carbonyl (C=O) groups is 1. The van der Waals surface area contributed by atoms with Crippen LogP contribution in [0.5, 0.6) is 0 Å². The number of anilines is 1. The minimum atomic E-state index is -0.131. The molecule has 0 atom stereocenters. The van der Waals surface area contributed by atoms with Gasteiger partial charge in [0.1, 0.15) is 0 Å². The van der Waals surface area contributed by atoms with E-state index in [9.17, 15) is 4.79 Å². The maximum absolute atomic E-state index is 12.9. The average molecular weight is 459 g/mol. The van der Waals surface area contributed by atoms with Crippen LogP contribution in [0.1, 0.15) is 23.5 Å². The number of hydrogen-bond donors (Lipinski definition) is 1. The highest BCUT2D eigenvalue weighted by Crippen LogP contribution is 2.29. The zero-order valence-electron chi connectivity index (χ0n) is 17.0. The Hall–Kier alpha value is -3.48. The second-order valence-electron chi connectivity index (χ2n) is 7.38.